The van der Waals surface area contributed by atoms with E-state index in [0.29, 0.717) is 10.8 Å². The van der Waals surface area contributed by atoms with Crippen LogP contribution in [0.1, 0.15) is 6.92 Å². The van der Waals surface area contributed by atoms with Gasteiger partial charge in [-0.2, -0.15) is 17.6 Å². The number of nitrogens with zero attached hydrogens (tertiary/aromatic N) is 1. The molecular weight excluding hydrogens is 315 g/mol. The molecule has 0 spiro atoms. The highest BCUT2D eigenvalue weighted by atomic mass is 35.5. The molecule has 0 amide bonds. The van der Waals surface area contributed by atoms with Gasteiger partial charge in [0.25, 0.3) is 5.78 Å². The number of esters is 1. The summed E-state index contributed by atoms with van der Waals surface area (Å²) >= 11 is 5.53. The third-order valence-electron chi connectivity index (χ3n) is 1.62. The van der Waals surface area contributed by atoms with E-state index in [-0.39, 0.29) is 16.7 Å². The number of allylic oxidation sites excluding steroid dienone is 1. The molecule has 0 aromatic rings. The lowest BCUT2D eigenvalue weighted by molar-refractivity contribution is -0.168. The maximum atomic E-state index is 12.4. The van der Waals surface area contributed by atoms with E-state index in [2.05, 4.69) is 9.13 Å². The summed E-state index contributed by atoms with van der Waals surface area (Å²) in [5, 5.41) is -0.328. The topological polar surface area (TPSA) is 55.7 Å². The molecule has 0 aromatic heterocycles. The standard InChI is InChI=1S/C8H5ClF3NO3S2/c1-2-16-7(15)3(5(14)8(10,11)12)4-6(9)13-18-17-4/h2H2,1H3/b4-3-. The second-order valence-corrected chi connectivity index (χ2v) is 5.00. The second-order valence-electron chi connectivity index (χ2n) is 2.79. The molecule has 0 fully saturated rings. The molecule has 0 aromatic carbocycles. The number of hydrogen-bond acceptors (Lipinski definition) is 6. The lowest BCUT2D eigenvalue weighted by Crippen LogP contribution is -2.30. The summed E-state index contributed by atoms with van der Waals surface area (Å²) < 4.78 is 45.1. The van der Waals surface area contributed by atoms with Crippen LogP contribution in [0.25, 0.3) is 0 Å². The van der Waals surface area contributed by atoms with E-state index < -0.39 is 23.5 Å². The zero-order valence-electron chi connectivity index (χ0n) is 8.71. The van der Waals surface area contributed by atoms with Crippen molar-refractivity contribution in [2.45, 2.75) is 13.1 Å². The lowest BCUT2D eigenvalue weighted by Gasteiger charge is -2.10. The molecule has 100 valence electrons. The maximum Gasteiger partial charge on any atom is 0.455 e. The normalized spacial score (nSPS) is 18.4. The molecule has 4 nitrogen and oxygen atoms in total. The van der Waals surface area contributed by atoms with Gasteiger partial charge in [0.15, 0.2) is 5.17 Å². The molecule has 1 heterocycles. The van der Waals surface area contributed by atoms with Gasteiger partial charge in [0.2, 0.25) is 0 Å². The minimum absolute atomic E-state index is 0.159. The van der Waals surface area contributed by atoms with E-state index in [1.54, 1.807) is 0 Å². The molecule has 0 saturated carbocycles. The fourth-order valence-corrected chi connectivity index (χ4v) is 3.26. The van der Waals surface area contributed by atoms with Crippen molar-refractivity contribution in [3.8, 4) is 0 Å². The minimum Gasteiger partial charge on any atom is -0.462 e. The van der Waals surface area contributed by atoms with Gasteiger partial charge in [0.05, 0.1) is 22.5 Å². The molecule has 0 saturated heterocycles. The van der Waals surface area contributed by atoms with Gasteiger partial charge in [-0.25, -0.2) is 4.79 Å². The van der Waals surface area contributed by atoms with Crippen LogP contribution in [0.2, 0.25) is 0 Å². The van der Waals surface area contributed by atoms with Crippen LogP contribution >= 0.6 is 33.4 Å². The van der Waals surface area contributed by atoms with Gasteiger partial charge in [-0.05, 0) is 17.7 Å². The SMILES string of the molecule is CCOC(=O)/C(C(=O)C(F)(F)F)=C1\SSN=C1Cl. The van der Waals surface area contributed by atoms with Crippen LogP contribution in [-0.2, 0) is 14.3 Å². The maximum absolute atomic E-state index is 12.4. The molecule has 0 N–H and O–H groups in total. The Hall–Kier alpha value is -0.670. The first-order valence-corrected chi connectivity index (χ1v) is 6.88. The first-order valence-electron chi connectivity index (χ1n) is 4.39. The molecule has 0 radical (unpaired) electrons. The summed E-state index contributed by atoms with van der Waals surface area (Å²) in [5.41, 5.74) is -1.13. The van der Waals surface area contributed by atoms with Crippen LogP contribution in [0.15, 0.2) is 14.9 Å². The predicted octanol–water partition coefficient (Wildman–Crippen LogP) is 2.88. The minimum atomic E-state index is -5.18. The number of carbonyl (C=O) groups is 2. The van der Waals surface area contributed by atoms with Crippen LogP contribution in [0.3, 0.4) is 0 Å². The van der Waals surface area contributed by atoms with Crippen molar-refractivity contribution in [2.75, 3.05) is 6.61 Å². The number of ketones is 1. The molecule has 10 heteroatoms. The fourth-order valence-electron chi connectivity index (χ4n) is 0.943. The summed E-state index contributed by atoms with van der Waals surface area (Å²) in [7, 11) is 1.47. The van der Waals surface area contributed by atoms with Crippen LogP contribution in [-0.4, -0.2) is 29.7 Å². The molecule has 0 bridgehead atoms. The molecule has 18 heavy (non-hydrogen) atoms. The zero-order valence-corrected chi connectivity index (χ0v) is 11.1. The number of rotatable bonds is 3. The molecular formula is C8H5ClF3NO3S2. The third-order valence-corrected chi connectivity index (χ3v) is 3.95. The molecule has 1 rings (SSSR count). The fraction of sp³-hybridized carbons (Fsp3) is 0.375. The van der Waals surface area contributed by atoms with E-state index in [0.717, 1.165) is 11.0 Å². The number of halogens is 4. The van der Waals surface area contributed by atoms with E-state index in [4.69, 9.17) is 11.6 Å². The van der Waals surface area contributed by atoms with E-state index >= 15 is 0 Å². The summed E-state index contributed by atoms with van der Waals surface area (Å²) in [5.74, 6) is -3.66. The Kier molecular flexibility index (Phi) is 5.11. The first-order chi connectivity index (χ1) is 8.29. The molecule has 1 aliphatic rings. The Bertz CT molecular complexity index is 447. The first kappa shape index (κ1) is 15.4. The summed E-state index contributed by atoms with van der Waals surface area (Å²) in [6.07, 6.45) is -5.18. The molecule has 0 aliphatic carbocycles. The molecule has 0 unspecified atom stereocenters. The number of ether oxygens (including phenoxy) is 1. The van der Waals surface area contributed by atoms with Gasteiger partial charge < -0.3 is 4.74 Å². The quantitative estimate of drug-likeness (QED) is 0.200. The average molecular weight is 320 g/mol. The van der Waals surface area contributed by atoms with Gasteiger partial charge in [0, 0.05) is 0 Å². The van der Waals surface area contributed by atoms with Gasteiger partial charge in [-0.15, -0.1) is 0 Å². The average Bonchev–Trinajstić information content (AvgIpc) is 2.64. The van der Waals surface area contributed by atoms with Gasteiger partial charge in [-0.1, -0.05) is 11.6 Å². The lowest BCUT2D eigenvalue weighted by atomic mass is 10.1. The zero-order chi connectivity index (χ0) is 13.9. The second kappa shape index (κ2) is 5.98. The Morgan fingerprint density at radius 3 is 2.44 bits per heavy atom. The Morgan fingerprint density at radius 2 is 2.06 bits per heavy atom. The van der Waals surface area contributed by atoms with Gasteiger partial charge in [0.1, 0.15) is 5.57 Å². The summed E-state index contributed by atoms with van der Waals surface area (Å²) in [6, 6.07) is 0. The summed E-state index contributed by atoms with van der Waals surface area (Å²) in [4.78, 5) is 22.3. The van der Waals surface area contributed by atoms with E-state index in [1.807, 2.05) is 0 Å². The third kappa shape index (κ3) is 3.42. The Labute approximate surface area is 113 Å². The van der Waals surface area contributed by atoms with E-state index in [9.17, 15) is 22.8 Å². The van der Waals surface area contributed by atoms with Crippen molar-refractivity contribution in [1.29, 1.82) is 0 Å². The highest BCUT2D eigenvalue weighted by Crippen LogP contribution is 2.43. The highest BCUT2D eigenvalue weighted by molar-refractivity contribution is 8.78. The smallest absolute Gasteiger partial charge is 0.455 e. The van der Waals surface area contributed by atoms with Gasteiger partial charge >= 0.3 is 12.1 Å². The van der Waals surface area contributed by atoms with Gasteiger partial charge in [-0.3, -0.25) is 4.79 Å². The number of carbonyl (C=O) groups excluding carboxylic acids is 2. The van der Waals surface area contributed by atoms with Crippen LogP contribution in [0.5, 0.6) is 0 Å². The van der Waals surface area contributed by atoms with Crippen molar-refractivity contribution in [3.05, 3.63) is 10.5 Å². The van der Waals surface area contributed by atoms with Crippen molar-refractivity contribution in [1.82, 2.24) is 0 Å². The Morgan fingerprint density at radius 1 is 1.44 bits per heavy atom. The van der Waals surface area contributed by atoms with E-state index in [1.165, 1.54) is 6.92 Å². The number of alkyl halides is 3. The molecule has 0 atom stereocenters. The van der Waals surface area contributed by atoms with Crippen LogP contribution < -0.4 is 0 Å². The van der Waals surface area contributed by atoms with Crippen molar-refractivity contribution < 1.29 is 27.5 Å². The number of hydrogen-bond donors (Lipinski definition) is 0. The highest BCUT2D eigenvalue weighted by Gasteiger charge is 2.46. The predicted molar refractivity (Wildman–Crippen MR) is 63.2 cm³/mol. The number of Topliss-reactive ketones (excluding diaryl/α,β-unsaturated/α-hetero) is 1. The van der Waals surface area contributed by atoms with Crippen LogP contribution in [0, 0.1) is 0 Å². The molecule has 1 aliphatic heterocycles. The Balaban J connectivity index is 3.24. The monoisotopic (exact) mass is 319 g/mol. The largest absolute Gasteiger partial charge is 0.462 e. The van der Waals surface area contributed by atoms with Crippen molar-refractivity contribution in [2.24, 2.45) is 4.40 Å². The van der Waals surface area contributed by atoms with Crippen molar-refractivity contribution >= 4 is 50.3 Å². The van der Waals surface area contributed by atoms with Crippen molar-refractivity contribution in [3.63, 3.8) is 0 Å². The summed E-state index contributed by atoms with van der Waals surface area (Å²) in [6.45, 7) is 1.25. The van der Waals surface area contributed by atoms with Crippen LogP contribution in [0.4, 0.5) is 13.2 Å².